The first-order valence-electron chi connectivity index (χ1n) is 6.79. The first kappa shape index (κ1) is 13.7. The molecule has 0 radical (unpaired) electrons. The molecule has 0 aliphatic carbocycles. The molecular weight excluding hydrogens is 238 g/mol. The van der Waals surface area contributed by atoms with Crippen molar-refractivity contribution in [2.75, 3.05) is 25.1 Å². The Balaban J connectivity index is 1.82. The van der Waals surface area contributed by atoms with Gasteiger partial charge in [-0.15, -0.1) is 0 Å². The van der Waals surface area contributed by atoms with Crippen LogP contribution in [0.1, 0.15) is 20.3 Å². The van der Waals surface area contributed by atoms with Gasteiger partial charge in [-0.2, -0.15) is 10.2 Å². The molecule has 19 heavy (non-hydrogen) atoms. The minimum absolute atomic E-state index is 0.598. The van der Waals surface area contributed by atoms with E-state index in [2.05, 4.69) is 35.4 Å². The van der Waals surface area contributed by atoms with Crippen molar-refractivity contribution in [3.63, 3.8) is 0 Å². The molecule has 4 nitrogen and oxygen atoms in total. The molecular formula is C15H21N3O. The second-order valence-corrected chi connectivity index (χ2v) is 5.02. The largest absolute Gasteiger partial charge is 0.383 e. The molecule has 0 saturated carbocycles. The lowest BCUT2D eigenvalue weighted by Crippen LogP contribution is -2.09. The van der Waals surface area contributed by atoms with Crippen molar-refractivity contribution in [1.29, 1.82) is 0 Å². The van der Waals surface area contributed by atoms with E-state index >= 15 is 0 Å². The molecule has 0 amide bonds. The van der Waals surface area contributed by atoms with E-state index in [-0.39, 0.29) is 0 Å². The van der Waals surface area contributed by atoms with Crippen LogP contribution in [0, 0.1) is 5.92 Å². The standard InChI is InChI=1S/C15H21N3O/c1-12(2)11-19-9-5-8-16-15-10-17-18-14-7-4-3-6-13(14)15/h3-4,6-7,10,12H,5,8-9,11H2,1-2H3,(H,16,18). The Kier molecular flexibility index (Phi) is 5.10. The molecule has 0 atom stereocenters. The van der Waals surface area contributed by atoms with Crippen LogP contribution in [-0.2, 0) is 4.74 Å². The minimum Gasteiger partial charge on any atom is -0.383 e. The van der Waals surface area contributed by atoms with Gasteiger partial charge in [0.2, 0.25) is 0 Å². The molecule has 2 aromatic rings. The third-order valence-electron chi connectivity index (χ3n) is 2.78. The van der Waals surface area contributed by atoms with Crippen LogP contribution in [0.15, 0.2) is 30.5 Å². The predicted molar refractivity (Wildman–Crippen MR) is 78.3 cm³/mol. The number of hydrogen-bond donors (Lipinski definition) is 1. The van der Waals surface area contributed by atoms with Crippen LogP contribution in [0.25, 0.3) is 10.9 Å². The molecule has 0 bridgehead atoms. The van der Waals surface area contributed by atoms with Gasteiger partial charge in [0, 0.05) is 25.1 Å². The summed E-state index contributed by atoms with van der Waals surface area (Å²) >= 11 is 0. The number of nitrogens with zero attached hydrogens (tertiary/aromatic N) is 2. The number of ether oxygens (including phenoxy) is 1. The van der Waals surface area contributed by atoms with Gasteiger partial charge >= 0.3 is 0 Å². The Hall–Kier alpha value is -1.68. The van der Waals surface area contributed by atoms with Crippen LogP contribution >= 0.6 is 0 Å². The Morgan fingerprint density at radius 1 is 1.26 bits per heavy atom. The molecule has 102 valence electrons. The number of anilines is 1. The molecule has 0 saturated heterocycles. The van der Waals surface area contributed by atoms with E-state index < -0.39 is 0 Å². The zero-order chi connectivity index (χ0) is 13.5. The van der Waals surface area contributed by atoms with Crippen molar-refractivity contribution in [2.24, 2.45) is 5.92 Å². The van der Waals surface area contributed by atoms with E-state index in [1.165, 1.54) is 0 Å². The Bertz CT molecular complexity index is 508. The Morgan fingerprint density at radius 2 is 2.11 bits per heavy atom. The van der Waals surface area contributed by atoms with Crippen LogP contribution in [0.5, 0.6) is 0 Å². The SMILES string of the molecule is CC(C)COCCCNc1cnnc2ccccc12. The fourth-order valence-electron chi connectivity index (χ4n) is 1.86. The summed E-state index contributed by atoms with van der Waals surface area (Å²) in [5.41, 5.74) is 1.96. The number of aromatic nitrogens is 2. The molecule has 0 fully saturated rings. The van der Waals surface area contributed by atoms with Gasteiger partial charge in [0.1, 0.15) is 0 Å². The summed E-state index contributed by atoms with van der Waals surface area (Å²) in [6.07, 6.45) is 2.76. The number of rotatable bonds is 7. The van der Waals surface area contributed by atoms with Crippen molar-refractivity contribution >= 4 is 16.6 Å². The van der Waals surface area contributed by atoms with Crippen molar-refractivity contribution in [2.45, 2.75) is 20.3 Å². The zero-order valence-electron chi connectivity index (χ0n) is 11.6. The van der Waals surface area contributed by atoms with Gasteiger partial charge in [0.05, 0.1) is 17.4 Å². The zero-order valence-corrected chi connectivity index (χ0v) is 11.6. The van der Waals surface area contributed by atoms with E-state index in [1.54, 1.807) is 6.20 Å². The normalized spacial score (nSPS) is 11.1. The maximum atomic E-state index is 5.55. The third-order valence-corrected chi connectivity index (χ3v) is 2.78. The molecule has 0 aliphatic heterocycles. The number of hydrogen-bond acceptors (Lipinski definition) is 4. The van der Waals surface area contributed by atoms with Crippen LogP contribution in [0.2, 0.25) is 0 Å². The van der Waals surface area contributed by atoms with Gasteiger partial charge in [0.15, 0.2) is 0 Å². The molecule has 0 spiro atoms. The molecule has 4 heteroatoms. The van der Waals surface area contributed by atoms with Crippen LogP contribution in [0.3, 0.4) is 0 Å². The van der Waals surface area contributed by atoms with E-state index in [1.807, 2.05) is 18.2 Å². The van der Waals surface area contributed by atoms with Crippen LogP contribution in [0.4, 0.5) is 5.69 Å². The summed E-state index contributed by atoms with van der Waals surface area (Å²) in [6.45, 7) is 6.83. The van der Waals surface area contributed by atoms with Gasteiger partial charge in [0.25, 0.3) is 0 Å². The molecule has 1 aromatic heterocycles. The third kappa shape index (κ3) is 4.17. The highest BCUT2D eigenvalue weighted by Gasteiger charge is 2.01. The van der Waals surface area contributed by atoms with Gasteiger partial charge in [-0.05, 0) is 18.4 Å². The fraction of sp³-hybridized carbons (Fsp3) is 0.467. The number of nitrogens with one attached hydrogen (secondary N) is 1. The molecule has 1 N–H and O–H groups in total. The quantitative estimate of drug-likeness (QED) is 0.776. The topological polar surface area (TPSA) is 47.0 Å². The lowest BCUT2D eigenvalue weighted by Gasteiger charge is -2.09. The van der Waals surface area contributed by atoms with Gasteiger partial charge in [-0.25, -0.2) is 0 Å². The Morgan fingerprint density at radius 3 is 2.95 bits per heavy atom. The minimum atomic E-state index is 0.598. The van der Waals surface area contributed by atoms with Gasteiger partial charge < -0.3 is 10.1 Å². The van der Waals surface area contributed by atoms with E-state index in [0.717, 1.165) is 42.8 Å². The smallest absolute Gasteiger partial charge is 0.0950 e. The highest BCUT2D eigenvalue weighted by atomic mass is 16.5. The molecule has 1 aromatic carbocycles. The monoisotopic (exact) mass is 259 g/mol. The van der Waals surface area contributed by atoms with Crippen LogP contribution < -0.4 is 5.32 Å². The maximum Gasteiger partial charge on any atom is 0.0950 e. The maximum absolute atomic E-state index is 5.55. The van der Waals surface area contributed by atoms with Crippen molar-refractivity contribution in [1.82, 2.24) is 10.2 Å². The highest BCUT2D eigenvalue weighted by molar-refractivity contribution is 5.90. The average Bonchev–Trinajstić information content (AvgIpc) is 2.42. The van der Waals surface area contributed by atoms with Crippen molar-refractivity contribution < 1.29 is 4.74 Å². The van der Waals surface area contributed by atoms with E-state index in [0.29, 0.717) is 5.92 Å². The predicted octanol–water partition coefficient (Wildman–Crippen LogP) is 3.10. The lowest BCUT2D eigenvalue weighted by molar-refractivity contribution is 0.110. The van der Waals surface area contributed by atoms with Gasteiger partial charge in [-0.3, -0.25) is 0 Å². The Labute approximate surface area is 114 Å². The summed E-state index contributed by atoms with van der Waals surface area (Å²) in [5.74, 6) is 0.598. The summed E-state index contributed by atoms with van der Waals surface area (Å²) < 4.78 is 5.55. The van der Waals surface area contributed by atoms with Crippen molar-refractivity contribution in [3.8, 4) is 0 Å². The van der Waals surface area contributed by atoms with Crippen molar-refractivity contribution in [3.05, 3.63) is 30.5 Å². The van der Waals surface area contributed by atoms with Crippen LogP contribution in [-0.4, -0.2) is 30.0 Å². The highest BCUT2D eigenvalue weighted by Crippen LogP contribution is 2.19. The second-order valence-electron chi connectivity index (χ2n) is 5.02. The average molecular weight is 259 g/mol. The number of benzene rings is 1. The summed E-state index contributed by atoms with van der Waals surface area (Å²) in [4.78, 5) is 0. The fourth-order valence-corrected chi connectivity index (χ4v) is 1.86. The first-order chi connectivity index (χ1) is 9.27. The summed E-state index contributed by atoms with van der Waals surface area (Å²) in [6, 6.07) is 8.02. The second kappa shape index (κ2) is 7.04. The van der Waals surface area contributed by atoms with E-state index in [4.69, 9.17) is 4.74 Å². The molecule has 1 heterocycles. The summed E-state index contributed by atoms with van der Waals surface area (Å²) in [5, 5.41) is 12.6. The molecule has 0 unspecified atom stereocenters. The van der Waals surface area contributed by atoms with E-state index in [9.17, 15) is 0 Å². The first-order valence-corrected chi connectivity index (χ1v) is 6.79. The number of fused-ring (bicyclic) bond motifs is 1. The summed E-state index contributed by atoms with van der Waals surface area (Å²) in [7, 11) is 0. The lowest BCUT2D eigenvalue weighted by atomic mass is 10.2. The van der Waals surface area contributed by atoms with Gasteiger partial charge in [-0.1, -0.05) is 32.0 Å². The molecule has 2 rings (SSSR count). The molecule has 0 aliphatic rings.